The van der Waals surface area contributed by atoms with Gasteiger partial charge in [0, 0.05) is 44.2 Å². The van der Waals surface area contributed by atoms with Gasteiger partial charge >= 0.3 is 0 Å². The van der Waals surface area contributed by atoms with Crippen LogP contribution in [-0.2, 0) is 17.8 Å². The Morgan fingerprint density at radius 2 is 1.58 bits per heavy atom. The van der Waals surface area contributed by atoms with Crippen molar-refractivity contribution in [3.05, 3.63) is 70.2 Å². The first kappa shape index (κ1) is 18.8. The predicted octanol–water partition coefficient (Wildman–Crippen LogP) is 3.90. The summed E-state index contributed by atoms with van der Waals surface area (Å²) in [6.07, 6.45) is 0.725. The van der Waals surface area contributed by atoms with Crippen molar-refractivity contribution in [1.29, 1.82) is 0 Å². The molecule has 3 nitrogen and oxygen atoms in total. The van der Waals surface area contributed by atoms with E-state index in [0.717, 1.165) is 36.8 Å². The van der Waals surface area contributed by atoms with Crippen LogP contribution in [0.25, 0.3) is 0 Å². The molecule has 1 aliphatic heterocycles. The Kier molecular flexibility index (Phi) is 6.22. The second-order valence-electron chi connectivity index (χ2n) is 6.53. The van der Waals surface area contributed by atoms with Gasteiger partial charge < -0.3 is 4.90 Å². The van der Waals surface area contributed by atoms with E-state index in [1.807, 2.05) is 29.2 Å². The first-order valence-electron chi connectivity index (χ1n) is 8.70. The number of hydrogen-bond donors (Lipinski definition) is 0. The highest BCUT2D eigenvalue weighted by atomic mass is 35.5. The van der Waals surface area contributed by atoms with Crippen LogP contribution in [0.4, 0.5) is 8.78 Å². The minimum absolute atomic E-state index is 0.0564. The normalized spacial score (nSPS) is 15.3. The monoisotopic (exact) mass is 378 g/mol. The molecule has 6 heteroatoms. The number of piperazine rings is 1. The molecular formula is C20H21ClF2N2O. The Balaban J connectivity index is 1.44. The van der Waals surface area contributed by atoms with Crippen LogP contribution in [0.5, 0.6) is 0 Å². The van der Waals surface area contributed by atoms with Gasteiger partial charge in [-0.25, -0.2) is 8.78 Å². The zero-order valence-electron chi connectivity index (χ0n) is 14.4. The van der Waals surface area contributed by atoms with Gasteiger partial charge in [-0.05, 0) is 41.8 Å². The summed E-state index contributed by atoms with van der Waals surface area (Å²) in [4.78, 5) is 16.5. The molecule has 0 aromatic heterocycles. The smallest absolute Gasteiger partial charge is 0.222 e. The largest absolute Gasteiger partial charge is 0.340 e. The fourth-order valence-corrected chi connectivity index (χ4v) is 3.23. The van der Waals surface area contributed by atoms with E-state index in [2.05, 4.69) is 4.90 Å². The molecular weight excluding hydrogens is 358 g/mol. The third-order valence-corrected chi connectivity index (χ3v) is 4.91. The SMILES string of the molecule is O=C(CCc1ccc(F)c(F)c1)N1CCN(Cc2ccc(Cl)cc2)CC1. The molecule has 1 heterocycles. The maximum atomic E-state index is 13.2. The third-order valence-electron chi connectivity index (χ3n) is 4.66. The number of rotatable bonds is 5. The van der Waals surface area contributed by atoms with Crippen LogP contribution < -0.4 is 0 Å². The summed E-state index contributed by atoms with van der Waals surface area (Å²) in [6.45, 7) is 3.85. The second-order valence-corrected chi connectivity index (χ2v) is 6.97. The Morgan fingerprint density at radius 1 is 0.923 bits per heavy atom. The summed E-state index contributed by atoms with van der Waals surface area (Å²) >= 11 is 5.90. The lowest BCUT2D eigenvalue weighted by Gasteiger charge is -2.34. The zero-order chi connectivity index (χ0) is 18.5. The van der Waals surface area contributed by atoms with Gasteiger partial charge in [0.2, 0.25) is 5.91 Å². The molecule has 1 amide bonds. The number of amides is 1. The Morgan fingerprint density at radius 3 is 2.23 bits per heavy atom. The van der Waals surface area contributed by atoms with E-state index in [9.17, 15) is 13.6 Å². The Labute approximate surface area is 157 Å². The average Bonchev–Trinajstić information content (AvgIpc) is 2.65. The molecule has 3 rings (SSSR count). The lowest BCUT2D eigenvalue weighted by Crippen LogP contribution is -2.48. The van der Waals surface area contributed by atoms with Crippen LogP contribution in [0, 0.1) is 11.6 Å². The van der Waals surface area contributed by atoms with E-state index in [0.29, 0.717) is 31.5 Å². The van der Waals surface area contributed by atoms with Crippen LogP contribution in [0.1, 0.15) is 17.5 Å². The Hall–Kier alpha value is -1.98. The minimum atomic E-state index is -0.870. The summed E-state index contributed by atoms with van der Waals surface area (Å²) in [6, 6.07) is 11.6. The van der Waals surface area contributed by atoms with Crippen LogP contribution >= 0.6 is 11.6 Å². The highest BCUT2D eigenvalue weighted by Crippen LogP contribution is 2.14. The molecule has 1 aliphatic rings. The molecule has 0 spiro atoms. The molecule has 0 aliphatic carbocycles. The van der Waals surface area contributed by atoms with Gasteiger partial charge in [-0.15, -0.1) is 0 Å². The number of benzene rings is 2. The van der Waals surface area contributed by atoms with Gasteiger partial charge in [0.15, 0.2) is 11.6 Å². The van der Waals surface area contributed by atoms with E-state index >= 15 is 0 Å². The summed E-state index contributed by atoms with van der Waals surface area (Å²) in [5.74, 6) is -1.68. The molecule has 0 radical (unpaired) electrons. The molecule has 2 aromatic carbocycles. The summed E-state index contributed by atoms with van der Waals surface area (Å²) < 4.78 is 26.2. The number of carbonyl (C=O) groups is 1. The lowest BCUT2D eigenvalue weighted by atomic mass is 10.1. The second kappa shape index (κ2) is 8.60. The molecule has 0 saturated carbocycles. The minimum Gasteiger partial charge on any atom is -0.340 e. The third kappa shape index (κ3) is 5.02. The molecule has 0 bridgehead atoms. The van der Waals surface area contributed by atoms with Crippen LogP contribution in [0.15, 0.2) is 42.5 Å². The van der Waals surface area contributed by atoms with E-state index in [1.54, 1.807) is 0 Å². The highest BCUT2D eigenvalue weighted by molar-refractivity contribution is 6.30. The van der Waals surface area contributed by atoms with Gasteiger partial charge in [-0.3, -0.25) is 9.69 Å². The van der Waals surface area contributed by atoms with E-state index in [-0.39, 0.29) is 5.91 Å². The van der Waals surface area contributed by atoms with E-state index < -0.39 is 11.6 Å². The van der Waals surface area contributed by atoms with Crippen molar-refractivity contribution < 1.29 is 13.6 Å². The average molecular weight is 379 g/mol. The lowest BCUT2D eigenvalue weighted by molar-refractivity contribution is -0.133. The van der Waals surface area contributed by atoms with Crippen molar-refractivity contribution in [2.45, 2.75) is 19.4 Å². The summed E-state index contributed by atoms with van der Waals surface area (Å²) in [5.41, 5.74) is 1.84. The first-order valence-corrected chi connectivity index (χ1v) is 9.07. The van der Waals surface area contributed by atoms with Gasteiger partial charge in [0.1, 0.15) is 0 Å². The fraction of sp³-hybridized carbons (Fsp3) is 0.350. The number of aryl methyl sites for hydroxylation is 1. The standard InChI is InChI=1S/C20H21ClF2N2O/c21-17-5-1-16(2-6-17)14-24-9-11-25(12-10-24)20(26)8-4-15-3-7-18(22)19(23)13-15/h1-3,5-7,13H,4,8-12,14H2. The molecule has 2 aromatic rings. The van der Waals surface area contributed by atoms with Crippen molar-refractivity contribution in [3.8, 4) is 0 Å². The molecule has 1 fully saturated rings. The van der Waals surface area contributed by atoms with Crippen molar-refractivity contribution >= 4 is 17.5 Å². The number of carbonyl (C=O) groups excluding carboxylic acids is 1. The number of nitrogens with zero attached hydrogens (tertiary/aromatic N) is 2. The highest BCUT2D eigenvalue weighted by Gasteiger charge is 2.21. The number of halogens is 3. The van der Waals surface area contributed by atoms with Crippen LogP contribution in [-0.4, -0.2) is 41.9 Å². The predicted molar refractivity (Wildman–Crippen MR) is 98.0 cm³/mol. The van der Waals surface area contributed by atoms with E-state index in [4.69, 9.17) is 11.6 Å². The zero-order valence-corrected chi connectivity index (χ0v) is 15.2. The van der Waals surface area contributed by atoms with Crippen LogP contribution in [0.2, 0.25) is 5.02 Å². The first-order chi connectivity index (χ1) is 12.5. The van der Waals surface area contributed by atoms with Crippen molar-refractivity contribution in [2.24, 2.45) is 0 Å². The van der Waals surface area contributed by atoms with Gasteiger partial charge in [0.25, 0.3) is 0 Å². The van der Waals surface area contributed by atoms with E-state index in [1.165, 1.54) is 11.6 Å². The number of hydrogen-bond acceptors (Lipinski definition) is 2. The van der Waals surface area contributed by atoms with Crippen molar-refractivity contribution in [2.75, 3.05) is 26.2 Å². The molecule has 0 N–H and O–H groups in total. The maximum absolute atomic E-state index is 13.2. The topological polar surface area (TPSA) is 23.6 Å². The quantitative estimate of drug-likeness (QED) is 0.788. The van der Waals surface area contributed by atoms with Crippen molar-refractivity contribution in [3.63, 3.8) is 0 Å². The van der Waals surface area contributed by atoms with Gasteiger partial charge in [0.05, 0.1) is 0 Å². The fourth-order valence-electron chi connectivity index (χ4n) is 3.11. The van der Waals surface area contributed by atoms with Gasteiger partial charge in [-0.1, -0.05) is 29.8 Å². The molecule has 26 heavy (non-hydrogen) atoms. The summed E-state index contributed by atoms with van der Waals surface area (Å²) in [5, 5.41) is 0.727. The summed E-state index contributed by atoms with van der Waals surface area (Å²) in [7, 11) is 0. The molecule has 0 atom stereocenters. The molecule has 0 unspecified atom stereocenters. The molecule has 138 valence electrons. The van der Waals surface area contributed by atoms with Crippen molar-refractivity contribution in [1.82, 2.24) is 9.80 Å². The maximum Gasteiger partial charge on any atom is 0.222 e. The molecule has 1 saturated heterocycles. The van der Waals surface area contributed by atoms with Crippen LogP contribution in [0.3, 0.4) is 0 Å². The van der Waals surface area contributed by atoms with Gasteiger partial charge in [-0.2, -0.15) is 0 Å². The Bertz CT molecular complexity index is 759.